The summed E-state index contributed by atoms with van der Waals surface area (Å²) in [5, 5.41) is 42.6. The molecule has 4 rings (SSSR count). The van der Waals surface area contributed by atoms with E-state index in [1.54, 1.807) is 0 Å². The van der Waals surface area contributed by atoms with Crippen molar-refractivity contribution in [2.75, 3.05) is 0 Å². The molecular weight excluding hydrogens is 474 g/mol. The Morgan fingerprint density at radius 3 is 2.32 bits per heavy atom. The van der Waals surface area contributed by atoms with Crippen LogP contribution in [0.15, 0.2) is 0 Å². The van der Waals surface area contributed by atoms with Crippen molar-refractivity contribution >= 4 is 17.8 Å². The molecule has 4 fully saturated rings. The minimum Gasteiger partial charge on any atom is -0.481 e. The number of amides is 1. The molecule has 0 saturated heterocycles. The molecule has 0 aromatic carbocycles. The number of hydrogen-bond acceptors (Lipinski definition) is 5. The van der Waals surface area contributed by atoms with E-state index >= 15 is 0 Å². The summed E-state index contributed by atoms with van der Waals surface area (Å²) in [4.78, 5) is 34.8. The maximum Gasteiger partial charge on any atom is 0.326 e. The molecule has 8 nitrogen and oxygen atoms in total. The van der Waals surface area contributed by atoms with Crippen LogP contribution >= 0.6 is 0 Å². The van der Waals surface area contributed by atoms with Crippen molar-refractivity contribution in [1.29, 1.82) is 0 Å². The van der Waals surface area contributed by atoms with Gasteiger partial charge in [0.15, 0.2) is 0 Å². The second-order valence-electron chi connectivity index (χ2n) is 13.3. The Labute approximate surface area is 220 Å². The number of nitrogens with one attached hydrogen (secondary N) is 1. The first-order valence-electron chi connectivity index (χ1n) is 14.5. The van der Waals surface area contributed by atoms with Gasteiger partial charge in [0.25, 0.3) is 0 Å². The summed E-state index contributed by atoms with van der Waals surface area (Å²) in [6, 6.07) is -1.19. The highest BCUT2D eigenvalue weighted by molar-refractivity contribution is 5.83. The first-order chi connectivity index (χ1) is 17.4. The monoisotopic (exact) mass is 521 g/mol. The number of aliphatic hydroxyl groups is 2. The molecule has 0 heterocycles. The highest BCUT2D eigenvalue weighted by Gasteiger charge is 2.63. The molecule has 11 atom stereocenters. The van der Waals surface area contributed by atoms with Crippen molar-refractivity contribution < 1.29 is 34.8 Å². The molecule has 4 saturated carbocycles. The fourth-order valence-corrected chi connectivity index (χ4v) is 9.51. The van der Waals surface area contributed by atoms with Crippen LogP contribution in [0.1, 0.15) is 97.8 Å². The molecule has 0 aromatic heterocycles. The van der Waals surface area contributed by atoms with E-state index in [2.05, 4.69) is 26.1 Å². The van der Waals surface area contributed by atoms with Gasteiger partial charge < -0.3 is 25.7 Å². The summed E-state index contributed by atoms with van der Waals surface area (Å²) in [6.45, 7) is 6.85. The van der Waals surface area contributed by atoms with Gasteiger partial charge >= 0.3 is 11.9 Å². The molecule has 0 aliphatic heterocycles. The highest BCUT2D eigenvalue weighted by atomic mass is 16.4. The molecule has 0 spiro atoms. The zero-order valence-corrected chi connectivity index (χ0v) is 22.7. The molecule has 0 aromatic rings. The molecule has 0 radical (unpaired) electrons. The van der Waals surface area contributed by atoms with Crippen molar-refractivity contribution in [3.05, 3.63) is 0 Å². The van der Waals surface area contributed by atoms with Crippen molar-refractivity contribution in [1.82, 2.24) is 5.32 Å². The van der Waals surface area contributed by atoms with Crippen LogP contribution in [0.5, 0.6) is 0 Å². The smallest absolute Gasteiger partial charge is 0.326 e. The third kappa shape index (κ3) is 5.29. The molecule has 11 unspecified atom stereocenters. The number of fused-ring (bicyclic) bond motifs is 5. The van der Waals surface area contributed by atoms with Crippen LogP contribution in [0.25, 0.3) is 0 Å². The van der Waals surface area contributed by atoms with Crippen molar-refractivity contribution in [3.63, 3.8) is 0 Å². The number of aliphatic hydroxyl groups excluding tert-OH is 2. The first kappa shape index (κ1) is 28.3. The van der Waals surface area contributed by atoms with E-state index in [0.717, 1.165) is 38.5 Å². The number of carbonyl (C=O) groups excluding carboxylic acids is 1. The summed E-state index contributed by atoms with van der Waals surface area (Å²) in [5.41, 5.74) is 0.0209. The van der Waals surface area contributed by atoms with Gasteiger partial charge in [0, 0.05) is 12.8 Å². The Morgan fingerprint density at radius 2 is 1.65 bits per heavy atom. The Morgan fingerprint density at radius 1 is 0.919 bits per heavy atom. The highest BCUT2D eigenvalue weighted by Crippen LogP contribution is 2.68. The van der Waals surface area contributed by atoms with E-state index < -0.39 is 18.0 Å². The number of rotatable bonds is 9. The van der Waals surface area contributed by atoms with Crippen molar-refractivity contribution in [3.8, 4) is 0 Å². The Kier molecular flexibility index (Phi) is 8.30. The van der Waals surface area contributed by atoms with Gasteiger partial charge in [0.1, 0.15) is 6.04 Å². The minimum atomic E-state index is -1.22. The van der Waals surface area contributed by atoms with Gasteiger partial charge in [0.2, 0.25) is 5.91 Å². The van der Waals surface area contributed by atoms with E-state index in [1.165, 1.54) is 12.8 Å². The number of hydrogen-bond donors (Lipinski definition) is 5. The lowest BCUT2D eigenvalue weighted by atomic mass is 9.43. The van der Waals surface area contributed by atoms with E-state index in [9.17, 15) is 29.7 Å². The van der Waals surface area contributed by atoms with Gasteiger partial charge in [-0.05, 0) is 111 Å². The summed E-state index contributed by atoms with van der Waals surface area (Å²) < 4.78 is 0. The van der Waals surface area contributed by atoms with Crippen LogP contribution in [0.2, 0.25) is 0 Å². The van der Waals surface area contributed by atoms with E-state index in [0.29, 0.717) is 36.0 Å². The number of carboxylic acid groups (broad SMARTS) is 2. The standard InChI is InChI=1S/C29H47NO7/c1-16(4-10-25(33)30-23(27(36)37)9-11-26(34)35)20-7-8-21-19-6-5-17-14-18(31)12-13-28(17,2)22(19)15-24(32)29(20,21)3/h16-24,31-32H,4-15H2,1-3H3,(H,30,33)(H,34,35)(H,36,37). The van der Waals surface area contributed by atoms with Gasteiger partial charge in [-0.2, -0.15) is 0 Å². The number of carbonyl (C=O) groups is 3. The van der Waals surface area contributed by atoms with Crippen LogP contribution in [0.3, 0.4) is 0 Å². The lowest BCUT2D eigenvalue weighted by molar-refractivity contribution is -0.175. The van der Waals surface area contributed by atoms with Crippen LogP contribution in [-0.4, -0.2) is 56.5 Å². The van der Waals surface area contributed by atoms with Crippen LogP contribution in [0, 0.1) is 46.3 Å². The molecule has 8 heteroatoms. The molecule has 1 amide bonds. The lowest BCUT2D eigenvalue weighted by Crippen LogP contribution is -2.58. The Hall–Kier alpha value is -1.67. The molecule has 5 N–H and O–H groups in total. The first-order valence-corrected chi connectivity index (χ1v) is 14.5. The second-order valence-corrected chi connectivity index (χ2v) is 13.3. The van der Waals surface area contributed by atoms with E-state index in [4.69, 9.17) is 5.11 Å². The Bertz CT molecular complexity index is 878. The van der Waals surface area contributed by atoms with Crippen molar-refractivity contribution in [2.24, 2.45) is 46.3 Å². The zero-order chi connectivity index (χ0) is 27.1. The topological polar surface area (TPSA) is 144 Å². The summed E-state index contributed by atoms with van der Waals surface area (Å²) in [5.74, 6) is -0.0122. The van der Waals surface area contributed by atoms with E-state index in [-0.39, 0.29) is 54.1 Å². The van der Waals surface area contributed by atoms with Gasteiger partial charge in [-0.1, -0.05) is 20.8 Å². The summed E-state index contributed by atoms with van der Waals surface area (Å²) in [6.07, 6.45) is 7.96. The third-order valence-corrected chi connectivity index (χ3v) is 11.6. The maximum absolute atomic E-state index is 12.5. The summed E-state index contributed by atoms with van der Waals surface area (Å²) >= 11 is 0. The van der Waals surface area contributed by atoms with Crippen LogP contribution in [0.4, 0.5) is 0 Å². The fraction of sp³-hybridized carbons (Fsp3) is 0.897. The Balaban J connectivity index is 1.39. The SMILES string of the molecule is CC(CCC(=O)NC(CCC(=O)O)C(=O)O)C1CCC2C3CCC4CC(O)CCC4(C)C3CC(O)C12C. The van der Waals surface area contributed by atoms with Gasteiger partial charge in [-0.3, -0.25) is 9.59 Å². The van der Waals surface area contributed by atoms with Gasteiger partial charge in [-0.25, -0.2) is 4.79 Å². The molecular formula is C29H47NO7. The van der Waals surface area contributed by atoms with Gasteiger partial charge in [-0.15, -0.1) is 0 Å². The maximum atomic E-state index is 12.5. The largest absolute Gasteiger partial charge is 0.481 e. The number of carboxylic acids is 2. The zero-order valence-electron chi connectivity index (χ0n) is 22.7. The van der Waals surface area contributed by atoms with E-state index in [1.807, 2.05) is 0 Å². The average Bonchev–Trinajstić information content (AvgIpc) is 3.20. The minimum absolute atomic E-state index is 0.137. The third-order valence-electron chi connectivity index (χ3n) is 11.6. The lowest BCUT2D eigenvalue weighted by Gasteiger charge is -2.62. The molecule has 0 bridgehead atoms. The quantitative estimate of drug-likeness (QED) is 0.310. The van der Waals surface area contributed by atoms with Crippen LogP contribution < -0.4 is 5.32 Å². The molecule has 210 valence electrons. The predicted molar refractivity (Wildman–Crippen MR) is 137 cm³/mol. The fourth-order valence-electron chi connectivity index (χ4n) is 9.51. The second kappa shape index (κ2) is 10.8. The number of aliphatic carboxylic acids is 2. The average molecular weight is 522 g/mol. The predicted octanol–water partition coefficient (Wildman–Crippen LogP) is 3.83. The van der Waals surface area contributed by atoms with Crippen LogP contribution in [-0.2, 0) is 14.4 Å². The molecule has 37 heavy (non-hydrogen) atoms. The molecule has 4 aliphatic carbocycles. The van der Waals surface area contributed by atoms with Crippen molar-refractivity contribution in [2.45, 2.75) is 116 Å². The molecule has 4 aliphatic rings. The van der Waals surface area contributed by atoms with Gasteiger partial charge in [0.05, 0.1) is 12.2 Å². The normalized spacial score (nSPS) is 42.6. The summed E-state index contributed by atoms with van der Waals surface area (Å²) in [7, 11) is 0.